The standard InChI is InChI=1S/C12H14ClN3O2.ClH/c1-2-18-11(17)6-3-8-7-9(13)4-5-10(8)16-12(14)15;/h3-7H,2H2,1H3,(H4,14,15,16);1H/b6-3+;. The Morgan fingerprint density at radius 1 is 1.47 bits per heavy atom. The summed E-state index contributed by atoms with van der Waals surface area (Å²) < 4.78 is 4.77. The summed E-state index contributed by atoms with van der Waals surface area (Å²) in [5, 5.41) is 0.521. The van der Waals surface area contributed by atoms with Gasteiger partial charge in [0.2, 0.25) is 0 Å². The third kappa shape index (κ3) is 6.13. The SMILES string of the molecule is CCOC(=O)/C=C/c1cc(Cl)ccc1N=C(N)N.Cl. The van der Waals surface area contributed by atoms with Crippen LogP contribution in [0, 0.1) is 0 Å². The van der Waals surface area contributed by atoms with Crippen LogP contribution in [0.2, 0.25) is 5.02 Å². The number of carbonyl (C=O) groups is 1. The van der Waals surface area contributed by atoms with Gasteiger partial charge in [-0.15, -0.1) is 12.4 Å². The molecule has 4 N–H and O–H groups in total. The molecule has 0 aliphatic heterocycles. The number of guanidine groups is 1. The minimum atomic E-state index is -0.437. The number of nitrogens with two attached hydrogens (primary N) is 2. The molecule has 7 heteroatoms. The van der Waals surface area contributed by atoms with Crippen molar-refractivity contribution >= 4 is 47.7 Å². The molecular formula is C12H15Cl2N3O2. The zero-order valence-corrected chi connectivity index (χ0v) is 11.9. The van der Waals surface area contributed by atoms with Crippen LogP contribution in [0.5, 0.6) is 0 Å². The third-order valence-corrected chi connectivity index (χ3v) is 2.16. The van der Waals surface area contributed by atoms with Crippen molar-refractivity contribution < 1.29 is 9.53 Å². The number of hydrogen-bond donors (Lipinski definition) is 2. The number of carbonyl (C=O) groups excluding carboxylic acids is 1. The smallest absolute Gasteiger partial charge is 0.330 e. The van der Waals surface area contributed by atoms with Crippen LogP contribution in [0.15, 0.2) is 29.3 Å². The Hall–Kier alpha value is -1.72. The van der Waals surface area contributed by atoms with Gasteiger partial charge in [0, 0.05) is 16.7 Å². The van der Waals surface area contributed by atoms with E-state index >= 15 is 0 Å². The Morgan fingerprint density at radius 2 is 2.16 bits per heavy atom. The number of nitrogens with zero attached hydrogens (tertiary/aromatic N) is 1. The van der Waals surface area contributed by atoms with Crippen LogP contribution in [0.25, 0.3) is 6.08 Å². The number of halogens is 2. The number of aliphatic imine (C=N–C) groups is 1. The summed E-state index contributed by atoms with van der Waals surface area (Å²) in [5.74, 6) is -0.503. The van der Waals surface area contributed by atoms with Gasteiger partial charge >= 0.3 is 5.97 Å². The zero-order valence-electron chi connectivity index (χ0n) is 10.3. The zero-order chi connectivity index (χ0) is 13.5. The van der Waals surface area contributed by atoms with E-state index in [9.17, 15) is 4.79 Å². The van der Waals surface area contributed by atoms with Gasteiger partial charge in [-0.1, -0.05) is 11.6 Å². The minimum Gasteiger partial charge on any atom is -0.463 e. The molecule has 0 heterocycles. The van der Waals surface area contributed by atoms with Crippen LogP contribution in [0.4, 0.5) is 5.69 Å². The quantitative estimate of drug-likeness (QED) is 0.386. The van der Waals surface area contributed by atoms with E-state index in [0.29, 0.717) is 22.9 Å². The Morgan fingerprint density at radius 3 is 2.74 bits per heavy atom. The van der Waals surface area contributed by atoms with Gasteiger partial charge in [0.25, 0.3) is 0 Å². The molecule has 0 spiro atoms. The van der Waals surface area contributed by atoms with Crippen molar-refractivity contribution in [1.82, 2.24) is 0 Å². The molecular weight excluding hydrogens is 289 g/mol. The van der Waals surface area contributed by atoms with Gasteiger partial charge in [0.15, 0.2) is 5.96 Å². The first-order valence-electron chi connectivity index (χ1n) is 5.27. The Labute approximate surface area is 122 Å². The van der Waals surface area contributed by atoms with E-state index in [0.717, 1.165) is 0 Å². The van der Waals surface area contributed by atoms with Crippen LogP contribution in [-0.2, 0) is 9.53 Å². The molecule has 0 atom stereocenters. The van der Waals surface area contributed by atoms with Gasteiger partial charge in [-0.3, -0.25) is 0 Å². The van der Waals surface area contributed by atoms with E-state index in [4.69, 9.17) is 27.8 Å². The monoisotopic (exact) mass is 303 g/mol. The molecule has 0 aromatic heterocycles. The predicted molar refractivity (Wildman–Crippen MR) is 79.8 cm³/mol. The lowest BCUT2D eigenvalue weighted by Gasteiger charge is -2.02. The summed E-state index contributed by atoms with van der Waals surface area (Å²) >= 11 is 5.87. The van der Waals surface area contributed by atoms with Crippen molar-refractivity contribution in [1.29, 1.82) is 0 Å². The summed E-state index contributed by atoms with van der Waals surface area (Å²) in [6, 6.07) is 4.97. The number of rotatable bonds is 4. The molecule has 1 aromatic rings. The average Bonchev–Trinajstić information content (AvgIpc) is 2.29. The third-order valence-electron chi connectivity index (χ3n) is 1.92. The van der Waals surface area contributed by atoms with Crippen molar-refractivity contribution in [2.75, 3.05) is 6.61 Å². The molecule has 5 nitrogen and oxygen atoms in total. The second kappa shape index (κ2) is 8.39. The summed E-state index contributed by atoms with van der Waals surface area (Å²) in [4.78, 5) is 15.1. The van der Waals surface area contributed by atoms with Crippen molar-refractivity contribution in [3.63, 3.8) is 0 Å². The first-order chi connectivity index (χ1) is 8.52. The fraction of sp³-hybridized carbons (Fsp3) is 0.167. The normalized spacial score (nSPS) is 9.79. The highest BCUT2D eigenvalue weighted by molar-refractivity contribution is 6.30. The minimum absolute atomic E-state index is 0. The molecule has 0 unspecified atom stereocenters. The maximum atomic E-state index is 11.2. The lowest BCUT2D eigenvalue weighted by molar-refractivity contribution is -0.137. The first-order valence-corrected chi connectivity index (χ1v) is 5.64. The molecule has 0 aliphatic rings. The molecule has 104 valence electrons. The van der Waals surface area contributed by atoms with E-state index in [-0.39, 0.29) is 18.4 Å². The maximum absolute atomic E-state index is 11.2. The van der Waals surface area contributed by atoms with Gasteiger partial charge < -0.3 is 16.2 Å². The largest absolute Gasteiger partial charge is 0.463 e. The topological polar surface area (TPSA) is 90.7 Å². The molecule has 1 aromatic carbocycles. The van der Waals surface area contributed by atoms with Gasteiger partial charge in [-0.2, -0.15) is 0 Å². The van der Waals surface area contributed by atoms with Gasteiger partial charge in [-0.05, 0) is 31.2 Å². The van der Waals surface area contributed by atoms with E-state index < -0.39 is 5.97 Å². The van der Waals surface area contributed by atoms with E-state index in [1.807, 2.05) is 0 Å². The number of hydrogen-bond acceptors (Lipinski definition) is 3. The van der Waals surface area contributed by atoms with Crippen LogP contribution in [0.3, 0.4) is 0 Å². The van der Waals surface area contributed by atoms with Crippen LogP contribution in [0.1, 0.15) is 12.5 Å². The second-order valence-corrected chi connectivity index (χ2v) is 3.76. The lowest BCUT2D eigenvalue weighted by Crippen LogP contribution is -2.22. The average molecular weight is 304 g/mol. The van der Waals surface area contributed by atoms with Crippen molar-refractivity contribution in [3.05, 3.63) is 34.9 Å². The highest BCUT2D eigenvalue weighted by atomic mass is 35.5. The fourth-order valence-corrected chi connectivity index (χ4v) is 1.43. The summed E-state index contributed by atoms with van der Waals surface area (Å²) in [6.07, 6.45) is 2.84. The highest BCUT2D eigenvalue weighted by Gasteiger charge is 2.01. The summed E-state index contributed by atoms with van der Waals surface area (Å²) in [7, 11) is 0. The maximum Gasteiger partial charge on any atom is 0.330 e. The molecule has 1 rings (SSSR count). The van der Waals surface area contributed by atoms with Crippen LogP contribution < -0.4 is 11.5 Å². The van der Waals surface area contributed by atoms with E-state index in [1.54, 1.807) is 31.2 Å². The van der Waals surface area contributed by atoms with Crippen molar-refractivity contribution in [2.24, 2.45) is 16.5 Å². The number of esters is 1. The molecule has 0 aliphatic carbocycles. The number of benzene rings is 1. The molecule has 0 saturated carbocycles. The molecule has 0 radical (unpaired) electrons. The fourth-order valence-electron chi connectivity index (χ4n) is 1.25. The van der Waals surface area contributed by atoms with E-state index in [2.05, 4.69) is 4.99 Å². The van der Waals surface area contributed by atoms with Crippen LogP contribution >= 0.6 is 24.0 Å². The van der Waals surface area contributed by atoms with E-state index in [1.165, 1.54) is 6.08 Å². The Balaban J connectivity index is 0.00000324. The molecule has 0 fully saturated rings. The van der Waals surface area contributed by atoms with Gasteiger partial charge in [-0.25, -0.2) is 9.79 Å². The predicted octanol–water partition coefficient (Wildman–Crippen LogP) is 2.24. The molecule has 0 bridgehead atoms. The molecule has 0 amide bonds. The molecule has 19 heavy (non-hydrogen) atoms. The second-order valence-electron chi connectivity index (χ2n) is 3.33. The molecule has 0 saturated heterocycles. The van der Waals surface area contributed by atoms with Crippen molar-refractivity contribution in [2.45, 2.75) is 6.92 Å². The van der Waals surface area contributed by atoms with Gasteiger partial charge in [0.05, 0.1) is 12.3 Å². The van der Waals surface area contributed by atoms with Crippen molar-refractivity contribution in [3.8, 4) is 0 Å². The first kappa shape index (κ1) is 17.3. The summed E-state index contributed by atoms with van der Waals surface area (Å²) in [6.45, 7) is 2.05. The highest BCUT2D eigenvalue weighted by Crippen LogP contribution is 2.24. The van der Waals surface area contributed by atoms with Gasteiger partial charge in [0.1, 0.15) is 0 Å². The lowest BCUT2D eigenvalue weighted by atomic mass is 10.1. The number of ether oxygens (including phenoxy) is 1. The Bertz CT molecular complexity index is 498. The Kier molecular flexibility index (Phi) is 7.63. The van der Waals surface area contributed by atoms with Crippen LogP contribution in [-0.4, -0.2) is 18.5 Å². The summed E-state index contributed by atoms with van der Waals surface area (Å²) in [5.41, 5.74) is 11.8.